The van der Waals surface area contributed by atoms with Crippen molar-refractivity contribution in [2.45, 2.75) is 30.5 Å². The number of hydrogen-bond acceptors (Lipinski definition) is 4. The molecular formula is C6H11BFO6P. The molecule has 1 heterocycles. The van der Waals surface area contributed by atoms with Gasteiger partial charge in [0.25, 0.3) is 0 Å². The number of rotatable bonds is 3. The van der Waals surface area contributed by atoms with E-state index in [1.165, 1.54) is 0 Å². The zero-order chi connectivity index (χ0) is 11.9. The van der Waals surface area contributed by atoms with Crippen LogP contribution in [0.2, 0.25) is 0 Å². The van der Waals surface area contributed by atoms with Crippen molar-refractivity contribution in [2.24, 2.45) is 0 Å². The molecule has 0 saturated carbocycles. The highest BCUT2D eigenvalue weighted by Crippen LogP contribution is 2.42. The van der Waals surface area contributed by atoms with Crippen LogP contribution in [0.4, 0.5) is 4.39 Å². The number of aliphatic hydroxyl groups excluding tert-OH is 2. The molecule has 1 fully saturated rings. The number of alkyl halides is 1. The van der Waals surface area contributed by atoms with Crippen molar-refractivity contribution >= 4 is 15.4 Å². The van der Waals surface area contributed by atoms with Crippen molar-refractivity contribution in [3.8, 4) is 0 Å². The normalized spacial score (nSPS) is 42.1. The van der Waals surface area contributed by atoms with Crippen LogP contribution in [-0.4, -0.2) is 58.1 Å². The fraction of sp³-hybridized carbons (Fsp3) is 1.00. The summed E-state index contributed by atoms with van der Waals surface area (Å²) in [7, 11) is 0.737. The fourth-order valence-electron chi connectivity index (χ4n) is 1.31. The monoisotopic (exact) mass is 240 g/mol. The summed E-state index contributed by atoms with van der Waals surface area (Å²) in [6.07, 6.45) is -5.03. The molecule has 0 amide bonds. The lowest BCUT2D eigenvalue weighted by atomic mass is 9.92. The van der Waals surface area contributed by atoms with Crippen molar-refractivity contribution in [2.75, 3.05) is 6.16 Å². The maximum absolute atomic E-state index is 13.7. The summed E-state index contributed by atoms with van der Waals surface area (Å²) in [6.45, 7) is 0. The third-order valence-corrected chi connectivity index (χ3v) is 2.98. The van der Waals surface area contributed by atoms with Crippen molar-refractivity contribution in [1.82, 2.24) is 0 Å². The number of aliphatic hydroxyl groups is 2. The second kappa shape index (κ2) is 4.12. The second-order valence-electron chi connectivity index (χ2n) is 3.44. The van der Waals surface area contributed by atoms with Crippen LogP contribution in [0.15, 0.2) is 0 Å². The summed E-state index contributed by atoms with van der Waals surface area (Å²) in [5, 5.41) is 18.3. The van der Waals surface area contributed by atoms with Gasteiger partial charge in [0.15, 0.2) is 0 Å². The lowest BCUT2D eigenvalue weighted by Crippen LogP contribution is -2.40. The number of halogens is 1. The molecule has 1 aliphatic heterocycles. The Kier molecular flexibility index (Phi) is 3.60. The molecular weight excluding hydrogens is 229 g/mol. The van der Waals surface area contributed by atoms with Crippen molar-refractivity contribution in [3.05, 3.63) is 0 Å². The van der Waals surface area contributed by atoms with Crippen LogP contribution in [0.5, 0.6) is 0 Å². The van der Waals surface area contributed by atoms with Crippen molar-refractivity contribution < 1.29 is 33.7 Å². The van der Waals surface area contributed by atoms with Crippen LogP contribution < -0.4 is 0 Å². The third kappa shape index (κ3) is 2.99. The number of ether oxygens (including phenoxy) is 1. The molecule has 0 unspecified atom stereocenters. The summed E-state index contributed by atoms with van der Waals surface area (Å²) in [4.78, 5) is 17.0. The predicted octanol–water partition coefficient (Wildman–Crippen LogP) is -1.53. The lowest BCUT2D eigenvalue weighted by molar-refractivity contribution is -0.165. The van der Waals surface area contributed by atoms with E-state index in [4.69, 9.17) is 22.7 Å². The van der Waals surface area contributed by atoms with E-state index in [0.29, 0.717) is 0 Å². The van der Waals surface area contributed by atoms with Crippen molar-refractivity contribution in [3.63, 3.8) is 0 Å². The molecule has 4 N–H and O–H groups in total. The highest BCUT2D eigenvalue weighted by atomic mass is 31.2. The van der Waals surface area contributed by atoms with Gasteiger partial charge < -0.3 is 24.7 Å². The van der Waals surface area contributed by atoms with Gasteiger partial charge in [0.2, 0.25) is 5.85 Å². The van der Waals surface area contributed by atoms with Gasteiger partial charge >= 0.3 is 7.60 Å². The largest absolute Gasteiger partial charge is 0.388 e. The molecule has 0 aromatic rings. The Balaban J connectivity index is 2.64. The Labute approximate surface area is 86.6 Å². The molecule has 1 rings (SSSR count). The van der Waals surface area contributed by atoms with E-state index in [2.05, 4.69) is 4.74 Å². The Morgan fingerprint density at radius 3 is 2.33 bits per heavy atom. The quantitative estimate of drug-likeness (QED) is 0.352. The summed E-state index contributed by atoms with van der Waals surface area (Å²) >= 11 is 0. The molecule has 0 bridgehead atoms. The van der Waals surface area contributed by atoms with E-state index in [9.17, 15) is 14.1 Å². The van der Waals surface area contributed by atoms with Gasteiger partial charge in [-0.25, -0.2) is 4.39 Å². The van der Waals surface area contributed by atoms with E-state index in [1.54, 1.807) is 0 Å². The molecule has 0 aromatic carbocycles. The molecule has 4 atom stereocenters. The first-order valence-corrected chi connectivity index (χ1v) is 5.98. The zero-order valence-corrected chi connectivity index (χ0v) is 8.55. The fourth-order valence-corrected chi connectivity index (χ4v) is 1.90. The average molecular weight is 240 g/mol. The van der Waals surface area contributed by atoms with Gasteiger partial charge in [-0.05, 0) is 0 Å². The average Bonchev–Trinajstić information content (AvgIpc) is 2.27. The van der Waals surface area contributed by atoms with Crippen LogP contribution in [0.1, 0.15) is 6.42 Å². The maximum Gasteiger partial charge on any atom is 0.325 e. The molecule has 15 heavy (non-hydrogen) atoms. The first kappa shape index (κ1) is 13.1. The number of hydrogen-bond donors (Lipinski definition) is 4. The molecule has 86 valence electrons. The van der Waals surface area contributed by atoms with Gasteiger partial charge in [0.05, 0.1) is 6.16 Å². The molecule has 0 spiro atoms. The highest BCUT2D eigenvalue weighted by Gasteiger charge is 2.53. The van der Waals surface area contributed by atoms with E-state index in [-0.39, 0.29) is 0 Å². The summed E-state index contributed by atoms with van der Waals surface area (Å²) < 4.78 is 28.6. The summed E-state index contributed by atoms with van der Waals surface area (Å²) in [6, 6.07) is -1.40. The summed E-state index contributed by atoms with van der Waals surface area (Å²) in [5.74, 6) is -2.71. The Morgan fingerprint density at radius 1 is 1.47 bits per heavy atom. The molecule has 1 aliphatic rings. The van der Waals surface area contributed by atoms with E-state index in [1.807, 2.05) is 0 Å². The Hall–Kier alpha value is 0.0249. The van der Waals surface area contributed by atoms with Gasteiger partial charge in [-0.3, -0.25) is 4.57 Å². The minimum absolute atomic E-state index is 0.733. The summed E-state index contributed by atoms with van der Waals surface area (Å²) in [5.41, 5.74) is 0. The van der Waals surface area contributed by atoms with Gasteiger partial charge in [0, 0.05) is 12.4 Å². The van der Waals surface area contributed by atoms with Crippen LogP contribution in [-0.2, 0) is 9.30 Å². The molecule has 2 radical (unpaired) electrons. The Bertz CT molecular complexity index is 285. The minimum Gasteiger partial charge on any atom is -0.388 e. The van der Waals surface area contributed by atoms with Gasteiger partial charge in [0.1, 0.15) is 20.1 Å². The Morgan fingerprint density at radius 2 is 2.00 bits per heavy atom. The van der Waals surface area contributed by atoms with Crippen molar-refractivity contribution in [1.29, 1.82) is 0 Å². The first-order chi connectivity index (χ1) is 6.66. The molecule has 6 nitrogen and oxygen atoms in total. The highest BCUT2D eigenvalue weighted by molar-refractivity contribution is 7.51. The molecule has 0 aliphatic carbocycles. The van der Waals surface area contributed by atoms with Gasteiger partial charge in [-0.2, -0.15) is 0 Å². The van der Waals surface area contributed by atoms with Crippen LogP contribution in [0, 0.1) is 0 Å². The second-order valence-corrected chi connectivity index (χ2v) is 5.22. The first-order valence-electron chi connectivity index (χ1n) is 4.19. The maximum atomic E-state index is 13.7. The molecule has 1 saturated heterocycles. The SMILES string of the molecule is [B][C@@H]1O[C@](F)(CCP(=O)(O)O)[C@@H](O)[C@H]1O. The molecule has 9 heteroatoms. The van der Waals surface area contributed by atoms with Crippen LogP contribution >= 0.6 is 7.60 Å². The minimum atomic E-state index is -4.38. The van der Waals surface area contributed by atoms with Crippen LogP contribution in [0.3, 0.4) is 0 Å². The predicted molar refractivity (Wildman–Crippen MR) is 48.0 cm³/mol. The topological polar surface area (TPSA) is 107 Å². The van der Waals surface area contributed by atoms with Gasteiger partial charge in [-0.15, -0.1) is 0 Å². The lowest BCUT2D eigenvalue weighted by Gasteiger charge is -2.23. The standard InChI is InChI=1S/C6H11BFO6P/c7-5-3(9)4(10)6(8,14-5)1-2-15(11,12)13/h3-5,9-10H,1-2H2,(H2,11,12,13)/t3-,4+,5-,6-/m1/s1. The third-order valence-electron chi connectivity index (χ3n) is 2.18. The van der Waals surface area contributed by atoms with Crippen LogP contribution in [0.25, 0.3) is 0 Å². The van der Waals surface area contributed by atoms with E-state index >= 15 is 0 Å². The van der Waals surface area contributed by atoms with Gasteiger partial charge in [-0.1, -0.05) is 0 Å². The smallest absolute Gasteiger partial charge is 0.325 e. The van der Waals surface area contributed by atoms with E-state index < -0.39 is 44.2 Å². The molecule has 0 aromatic heterocycles. The van der Waals surface area contributed by atoms with E-state index in [0.717, 1.165) is 0 Å². The zero-order valence-electron chi connectivity index (χ0n) is 7.65.